The Balaban J connectivity index is 1.55. The van der Waals surface area contributed by atoms with Crippen molar-refractivity contribution in [2.24, 2.45) is 0 Å². The van der Waals surface area contributed by atoms with Gasteiger partial charge in [0.25, 0.3) is 0 Å². The van der Waals surface area contributed by atoms with Crippen LogP contribution >= 0.6 is 11.6 Å². The molecule has 2 aromatic carbocycles. The first-order valence-electron chi connectivity index (χ1n) is 9.94. The second-order valence-corrected chi connectivity index (χ2v) is 9.86. The summed E-state index contributed by atoms with van der Waals surface area (Å²) in [6.07, 6.45) is 3.87. The van der Waals surface area contributed by atoms with Crippen molar-refractivity contribution in [1.29, 1.82) is 0 Å². The smallest absolute Gasteiger partial charge is 0.243 e. The van der Waals surface area contributed by atoms with Gasteiger partial charge in [-0.05, 0) is 54.7 Å². The van der Waals surface area contributed by atoms with Gasteiger partial charge in [0, 0.05) is 38.1 Å². The van der Waals surface area contributed by atoms with E-state index in [9.17, 15) is 13.2 Å². The topological polar surface area (TPSA) is 57.7 Å². The lowest BCUT2D eigenvalue weighted by Crippen LogP contribution is -2.35. The van der Waals surface area contributed by atoms with Gasteiger partial charge in [0.15, 0.2) is 0 Å². The van der Waals surface area contributed by atoms with Crippen molar-refractivity contribution in [3.8, 4) is 0 Å². The zero-order chi connectivity index (χ0) is 20.9. The highest BCUT2D eigenvalue weighted by Crippen LogP contribution is 2.21. The summed E-state index contributed by atoms with van der Waals surface area (Å²) in [5, 5.41) is 0.656. The molecular weight excluding hydrogens is 408 g/mol. The summed E-state index contributed by atoms with van der Waals surface area (Å²) in [5.41, 5.74) is 1.94. The average molecular weight is 435 g/mol. The fourth-order valence-corrected chi connectivity index (χ4v) is 5.25. The number of rotatable bonds is 7. The van der Waals surface area contributed by atoms with Crippen LogP contribution in [0, 0.1) is 0 Å². The number of aryl methyl sites for hydroxylation is 1. The van der Waals surface area contributed by atoms with Crippen molar-refractivity contribution >= 4 is 27.5 Å². The predicted octanol–water partition coefficient (Wildman–Crippen LogP) is 4.11. The highest BCUT2D eigenvalue weighted by Gasteiger charge is 2.25. The van der Waals surface area contributed by atoms with Crippen LogP contribution in [0.15, 0.2) is 53.4 Å². The molecule has 2 aromatic rings. The minimum Gasteiger partial charge on any atom is -0.341 e. The molecule has 7 heteroatoms. The molecule has 0 aromatic heterocycles. The Bertz CT molecular complexity index is 939. The molecule has 0 spiro atoms. The first kappa shape index (κ1) is 21.8. The summed E-state index contributed by atoms with van der Waals surface area (Å²) in [4.78, 5) is 14.4. The van der Waals surface area contributed by atoms with Crippen molar-refractivity contribution in [2.45, 2.75) is 43.5 Å². The van der Waals surface area contributed by atoms with Crippen molar-refractivity contribution in [3.05, 3.63) is 64.7 Å². The third kappa shape index (κ3) is 5.81. The van der Waals surface area contributed by atoms with E-state index in [0.717, 1.165) is 30.4 Å². The quantitative estimate of drug-likeness (QED) is 0.659. The summed E-state index contributed by atoms with van der Waals surface area (Å²) >= 11 is 5.99. The minimum absolute atomic E-state index is 0.0370. The molecule has 0 bridgehead atoms. The van der Waals surface area contributed by atoms with Crippen molar-refractivity contribution in [2.75, 3.05) is 20.1 Å². The molecule has 0 saturated carbocycles. The molecule has 1 saturated heterocycles. The van der Waals surface area contributed by atoms with Gasteiger partial charge in [-0.2, -0.15) is 4.31 Å². The highest BCUT2D eigenvalue weighted by molar-refractivity contribution is 7.89. The number of sulfonamides is 1. The van der Waals surface area contributed by atoms with E-state index in [1.54, 1.807) is 40.5 Å². The molecular formula is C22H27ClN2O3S. The van der Waals surface area contributed by atoms with Crippen LogP contribution in [0.3, 0.4) is 0 Å². The number of carbonyl (C=O) groups excluding carboxylic acids is 1. The van der Waals surface area contributed by atoms with Gasteiger partial charge >= 0.3 is 0 Å². The average Bonchev–Trinajstić information content (AvgIpc) is 2.73. The predicted molar refractivity (Wildman–Crippen MR) is 115 cm³/mol. The van der Waals surface area contributed by atoms with Crippen LogP contribution in [0.1, 0.15) is 36.8 Å². The third-order valence-electron chi connectivity index (χ3n) is 5.24. The third-order valence-corrected chi connectivity index (χ3v) is 7.39. The molecule has 1 aliphatic rings. The maximum Gasteiger partial charge on any atom is 0.243 e. The van der Waals surface area contributed by atoms with Gasteiger partial charge in [0.1, 0.15) is 0 Å². The minimum atomic E-state index is -3.41. The standard InChI is InChI=1S/C22H27ClN2O3S/c1-24(17-19-6-5-7-20(23)16-19)22(26)13-10-18-8-11-21(12-9-18)29(27,28)25-14-3-2-4-15-25/h5-9,11-12,16H,2-4,10,13-15,17H2,1H3. The number of hydrogen-bond acceptors (Lipinski definition) is 3. The van der Waals surface area contributed by atoms with Gasteiger partial charge in [-0.3, -0.25) is 4.79 Å². The van der Waals surface area contributed by atoms with E-state index in [1.807, 2.05) is 24.3 Å². The summed E-state index contributed by atoms with van der Waals surface area (Å²) in [7, 11) is -1.64. The maximum absolute atomic E-state index is 12.7. The Hall–Kier alpha value is -1.89. The van der Waals surface area contributed by atoms with E-state index >= 15 is 0 Å². The number of carbonyl (C=O) groups is 1. The monoisotopic (exact) mass is 434 g/mol. The van der Waals surface area contributed by atoms with Crippen LogP contribution < -0.4 is 0 Å². The van der Waals surface area contributed by atoms with Gasteiger partial charge in [0.2, 0.25) is 15.9 Å². The summed E-state index contributed by atoms with van der Waals surface area (Å²) < 4.78 is 27.0. The Kier molecular flexibility index (Phi) is 7.33. The first-order chi connectivity index (χ1) is 13.9. The SMILES string of the molecule is CN(Cc1cccc(Cl)c1)C(=O)CCc1ccc(S(=O)(=O)N2CCCCC2)cc1. The van der Waals surface area contributed by atoms with E-state index < -0.39 is 10.0 Å². The number of nitrogens with zero attached hydrogens (tertiary/aromatic N) is 2. The maximum atomic E-state index is 12.7. The van der Waals surface area contributed by atoms with Crippen LogP contribution in [0.2, 0.25) is 5.02 Å². The second-order valence-electron chi connectivity index (χ2n) is 7.49. The Morgan fingerprint density at radius 2 is 1.72 bits per heavy atom. The molecule has 0 unspecified atom stereocenters. The van der Waals surface area contributed by atoms with Crippen LogP contribution in [-0.4, -0.2) is 43.7 Å². The van der Waals surface area contributed by atoms with Crippen LogP contribution in [-0.2, 0) is 27.8 Å². The fourth-order valence-electron chi connectivity index (χ4n) is 3.52. The van der Waals surface area contributed by atoms with Crippen LogP contribution in [0.5, 0.6) is 0 Å². The molecule has 0 N–H and O–H groups in total. The Morgan fingerprint density at radius 3 is 2.38 bits per heavy atom. The van der Waals surface area contributed by atoms with Gasteiger partial charge < -0.3 is 4.90 Å². The number of hydrogen-bond donors (Lipinski definition) is 0. The number of piperidine rings is 1. The zero-order valence-electron chi connectivity index (χ0n) is 16.7. The molecule has 5 nitrogen and oxygen atoms in total. The molecule has 1 heterocycles. The van der Waals surface area contributed by atoms with E-state index in [2.05, 4.69) is 0 Å². The van der Waals surface area contributed by atoms with Crippen LogP contribution in [0.25, 0.3) is 0 Å². The lowest BCUT2D eigenvalue weighted by Gasteiger charge is -2.25. The Labute approximate surface area is 178 Å². The van der Waals surface area contributed by atoms with Gasteiger partial charge in [-0.15, -0.1) is 0 Å². The molecule has 156 valence electrons. The highest BCUT2D eigenvalue weighted by atomic mass is 35.5. The van der Waals surface area contributed by atoms with E-state index in [-0.39, 0.29) is 5.91 Å². The largest absolute Gasteiger partial charge is 0.341 e. The zero-order valence-corrected chi connectivity index (χ0v) is 18.3. The molecule has 1 aliphatic heterocycles. The molecule has 0 radical (unpaired) electrons. The molecule has 29 heavy (non-hydrogen) atoms. The van der Waals surface area contributed by atoms with Gasteiger partial charge in [-0.25, -0.2) is 8.42 Å². The first-order valence-corrected chi connectivity index (χ1v) is 11.8. The number of amides is 1. The molecule has 1 amide bonds. The van der Waals surface area contributed by atoms with Crippen molar-refractivity contribution < 1.29 is 13.2 Å². The normalized spacial score (nSPS) is 15.2. The number of halogens is 1. The lowest BCUT2D eigenvalue weighted by molar-refractivity contribution is -0.130. The van der Waals surface area contributed by atoms with Crippen LogP contribution in [0.4, 0.5) is 0 Å². The van der Waals surface area contributed by atoms with E-state index in [1.165, 1.54) is 0 Å². The number of benzene rings is 2. The van der Waals surface area contributed by atoms with Gasteiger partial charge in [-0.1, -0.05) is 42.3 Å². The van der Waals surface area contributed by atoms with Crippen molar-refractivity contribution in [1.82, 2.24) is 9.21 Å². The summed E-state index contributed by atoms with van der Waals surface area (Å²) in [6.45, 7) is 1.70. The molecule has 1 fully saturated rings. The molecule has 3 rings (SSSR count). The van der Waals surface area contributed by atoms with Crippen molar-refractivity contribution in [3.63, 3.8) is 0 Å². The van der Waals surface area contributed by atoms with E-state index in [4.69, 9.17) is 11.6 Å². The summed E-state index contributed by atoms with van der Waals surface area (Å²) in [5.74, 6) is 0.0370. The molecule has 0 atom stereocenters. The van der Waals surface area contributed by atoms with E-state index in [0.29, 0.717) is 42.4 Å². The molecule has 0 aliphatic carbocycles. The Morgan fingerprint density at radius 1 is 1.03 bits per heavy atom. The fraction of sp³-hybridized carbons (Fsp3) is 0.409. The second kappa shape index (κ2) is 9.74. The lowest BCUT2D eigenvalue weighted by atomic mass is 10.1. The van der Waals surface area contributed by atoms with Gasteiger partial charge in [0.05, 0.1) is 4.90 Å². The summed E-state index contributed by atoms with van der Waals surface area (Å²) in [6, 6.07) is 14.4.